The minimum Gasteiger partial charge on any atom is -0.492 e. The molecule has 0 fully saturated rings. The molecule has 0 aromatic heterocycles. The number of ether oxygens (including phenoxy) is 1. The Morgan fingerprint density at radius 1 is 1.40 bits per heavy atom. The molecule has 2 rings (SSSR count). The lowest BCUT2D eigenvalue weighted by atomic mass is 9.96. The summed E-state index contributed by atoms with van der Waals surface area (Å²) < 4.78 is 5.52. The Bertz CT molecular complexity index is 425. The first-order valence-electron chi connectivity index (χ1n) is 4.74. The van der Waals surface area contributed by atoms with E-state index < -0.39 is 0 Å². The van der Waals surface area contributed by atoms with Gasteiger partial charge in [-0.1, -0.05) is 29.3 Å². The fraction of sp³-hybridized carbons (Fsp3) is 0.364. The Kier molecular flexibility index (Phi) is 3.04. The van der Waals surface area contributed by atoms with Gasteiger partial charge < -0.3 is 4.74 Å². The van der Waals surface area contributed by atoms with E-state index in [4.69, 9.17) is 33.2 Å². The van der Waals surface area contributed by atoms with E-state index in [1.807, 2.05) is 6.07 Å². The molecule has 78 valence electrons. The number of hydrogen-bond donors (Lipinski definition) is 0. The van der Waals surface area contributed by atoms with E-state index in [2.05, 4.69) is 6.07 Å². The molecule has 15 heavy (non-hydrogen) atoms. The van der Waals surface area contributed by atoms with E-state index in [0.717, 1.165) is 18.4 Å². The SMILES string of the molecule is N#CC1CCCOc2c1ccc(Cl)c2Cl. The van der Waals surface area contributed by atoms with Crippen LogP contribution in [-0.4, -0.2) is 6.61 Å². The summed E-state index contributed by atoms with van der Waals surface area (Å²) in [7, 11) is 0. The van der Waals surface area contributed by atoms with Gasteiger partial charge in [-0.25, -0.2) is 0 Å². The summed E-state index contributed by atoms with van der Waals surface area (Å²) in [4.78, 5) is 0. The largest absolute Gasteiger partial charge is 0.492 e. The van der Waals surface area contributed by atoms with Crippen molar-refractivity contribution in [1.82, 2.24) is 0 Å². The van der Waals surface area contributed by atoms with E-state index >= 15 is 0 Å². The van der Waals surface area contributed by atoms with Crippen LogP contribution in [0.4, 0.5) is 0 Å². The molecular formula is C11H9Cl2NO. The van der Waals surface area contributed by atoms with Crippen molar-refractivity contribution in [3.05, 3.63) is 27.7 Å². The van der Waals surface area contributed by atoms with Crippen molar-refractivity contribution < 1.29 is 4.74 Å². The molecule has 0 aliphatic carbocycles. The fourth-order valence-corrected chi connectivity index (χ4v) is 2.09. The van der Waals surface area contributed by atoms with Crippen LogP contribution in [0, 0.1) is 11.3 Å². The number of halogens is 2. The first-order chi connectivity index (χ1) is 7.24. The zero-order chi connectivity index (χ0) is 10.8. The zero-order valence-corrected chi connectivity index (χ0v) is 9.48. The summed E-state index contributed by atoms with van der Waals surface area (Å²) in [5.41, 5.74) is 0.851. The molecule has 0 amide bonds. The van der Waals surface area contributed by atoms with Gasteiger partial charge in [0.25, 0.3) is 0 Å². The number of nitriles is 1. The second kappa shape index (κ2) is 4.30. The normalized spacial score (nSPS) is 19.7. The van der Waals surface area contributed by atoms with Gasteiger partial charge in [0.05, 0.1) is 23.6 Å². The third-order valence-electron chi connectivity index (χ3n) is 2.50. The van der Waals surface area contributed by atoms with Crippen LogP contribution in [0.2, 0.25) is 10.0 Å². The van der Waals surface area contributed by atoms with E-state index in [1.165, 1.54) is 0 Å². The molecular weight excluding hydrogens is 233 g/mol. The van der Waals surface area contributed by atoms with E-state index in [1.54, 1.807) is 6.07 Å². The van der Waals surface area contributed by atoms with Gasteiger partial charge in [0.1, 0.15) is 10.8 Å². The Balaban J connectivity index is 2.56. The maximum absolute atomic E-state index is 9.04. The van der Waals surface area contributed by atoms with Crippen molar-refractivity contribution in [3.63, 3.8) is 0 Å². The van der Waals surface area contributed by atoms with Crippen molar-refractivity contribution in [3.8, 4) is 11.8 Å². The lowest BCUT2D eigenvalue weighted by Crippen LogP contribution is -1.96. The minimum absolute atomic E-state index is 0.141. The highest BCUT2D eigenvalue weighted by Crippen LogP contribution is 2.41. The van der Waals surface area contributed by atoms with Gasteiger partial charge in [-0.15, -0.1) is 0 Å². The highest BCUT2D eigenvalue weighted by atomic mass is 35.5. The number of nitrogens with zero attached hydrogens (tertiary/aromatic N) is 1. The molecule has 0 spiro atoms. The molecule has 1 aliphatic heterocycles. The number of fused-ring (bicyclic) bond motifs is 1. The van der Waals surface area contributed by atoms with Crippen LogP contribution in [0.3, 0.4) is 0 Å². The molecule has 0 bridgehead atoms. The average molecular weight is 242 g/mol. The van der Waals surface area contributed by atoms with Crippen LogP contribution < -0.4 is 4.74 Å². The van der Waals surface area contributed by atoms with Gasteiger partial charge >= 0.3 is 0 Å². The molecule has 0 radical (unpaired) electrons. The predicted molar refractivity (Wildman–Crippen MR) is 59.5 cm³/mol. The second-order valence-electron chi connectivity index (χ2n) is 3.45. The van der Waals surface area contributed by atoms with Crippen molar-refractivity contribution in [2.24, 2.45) is 0 Å². The molecule has 0 saturated heterocycles. The molecule has 1 aromatic rings. The Morgan fingerprint density at radius 2 is 2.20 bits per heavy atom. The first kappa shape index (κ1) is 10.6. The molecule has 0 N–H and O–H groups in total. The van der Waals surface area contributed by atoms with Gasteiger partial charge in [-0.2, -0.15) is 5.26 Å². The van der Waals surface area contributed by atoms with E-state index in [-0.39, 0.29) is 5.92 Å². The third kappa shape index (κ3) is 1.90. The van der Waals surface area contributed by atoms with Gasteiger partial charge in [0, 0.05) is 5.56 Å². The van der Waals surface area contributed by atoms with Crippen molar-refractivity contribution in [1.29, 1.82) is 5.26 Å². The summed E-state index contributed by atoms with van der Waals surface area (Å²) >= 11 is 11.9. The second-order valence-corrected chi connectivity index (χ2v) is 4.24. The fourth-order valence-electron chi connectivity index (χ4n) is 1.72. The van der Waals surface area contributed by atoms with Crippen molar-refractivity contribution in [2.75, 3.05) is 6.61 Å². The number of hydrogen-bond acceptors (Lipinski definition) is 2. The monoisotopic (exact) mass is 241 g/mol. The highest BCUT2D eigenvalue weighted by molar-refractivity contribution is 6.43. The van der Waals surface area contributed by atoms with E-state index in [0.29, 0.717) is 22.4 Å². The molecule has 1 heterocycles. The highest BCUT2D eigenvalue weighted by Gasteiger charge is 2.22. The van der Waals surface area contributed by atoms with E-state index in [9.17, 15) is 0 Å². The van der Waals surface area contributed by atoms with Crippen molar-refractivity contribution in [2.45, 2.75) is 18.8 Å². The minimum atomic E-state index is -0.141. The summed E-state index contributed by atoms with van der Waals surface area (Å²) in [6, 6.07) is 5.80. The van der Waals surface area contributed by atoms with Gasteiger partial charge in [-0.05, 0) is 18.9 Å². The third-order valence-corrected chi connectivity index (χ3v) is 3.28. The molecule has 2 nitrogen and oxygen atoms in total. The maximum atomic E-state index is 9.04. The van der Waals surface area contributed by atoms with Gasteiger partial charge in [0.2, 0.25) is 0 Å². The molecule has 1 aromatic carbocycles. The van der Waals surface area contributed by atoms with Crippen molar-refractivity contribution >= 4 is 23.2 Å². The van der Waals surface area contributed by atoms with Crippen LogP contribution in [0.1, 0.15) is 24.3 Å². The summed E-state index contributed by atoms with van der Waals surface area (Å²) in [5, 5.41) is 9.92. The molecule has 1 unspecified atom stereocenters. The molecule has 1 atom stereocenters. The smallest absolute Gasteiger partial charge is 0.143 e. The zero-order valence-electron chi connectivity index (χ0n) is 7.96. The van der Waals surface area contributed by atoms with Crippen LogP contribution in [0.15, 0.2) is 12.1 Å². The standard InChI is InChI=1S/C11H9Cl2NO/c12-9-4-3-8-7(6-14)2-1-5-15-11(8)10(9)13/h3-4,7H,1-2,5H2. The summed E-state index contributed by atoms with van der Waals surface area (Å²) in [6.45, 7) is 0.589. The quantitative estimate of drug-likeness (QED) is 0.693. The Hall–Kier alpha value is -0.910. The Labute approximate surface area is 98.4 Å². The molecule has 4 heteroatoms. The lowest BCUT2D eigenvalue weighted by molar-refractivity contribution is 0.317. The van der Waals surface area contributed by atoms with Crippen LogP contribution in [0.25, 0.3) is 0 Å². The Morgan fingerprint density at radius 3 is 2.93 bits per heavy atom. The van der Waals surface area contributed by atoms with Crippen LogP contribution in [0.5, 0.6) is 5.75 Å². The average Bonchev–Trinajstić information content (AvgIpc) is 2.45. The topological polar surface area (TPSA) is 33.0 Å². The summed E-state index contributed by atoms with van der Waals surface area (Å²) in [6.07, 6.45) is 1.67. The summed E-state index contributed by atoms with van der Waals surface area (Å²) in [5.74, 6) is 0.436. The predicted octanol–water partition coefficient (Wildman–Crippen LogP) is 3.77. The van der Waals surface area contributed by atoms with Gasteiger partial charge in [0.15, 0.2) is 0 Å². The van der Waals surface area contributed by atoms with Crippen LogP contribution in [-0.2, 0) is 0 Å². The number of rotatable bonds is 0. The molecule has 1 aliphatic rings. The van der Waals surface area contributed by atoms with Gasteiger partial charge in [-0.3, -0.25) is 0 Å². The first-order valence-corrected chi connectivity index (χ1v) is 5.50. The lowest BCUT2D eigenvalue weighted by Gasteiger charge is -2.12. The maximum Gasteiger partial charge on any atom is 0.143 e. The molecule has 0 saturated carbocycles. The number of benzene rings is 1. The van der Waals surface area contributed by atoms with Crippen LogP contribution >= 0.6 is 23.2 Å².